The molecule has 0 unspecified atom stereocenters. The Kier molecular flexibility index (Phi) is 5.11. The SMILES string of the molecule is COc1ccc(NC(=S)N2CCN(C34CC5CC(CC(C5)C3)C4)CC2)c(OC)c1. The molecular formula is C23H33N3O2S. The molecule has 0 spiro atoms. The van der Waals surface area contributed by atoms with Gasteiger partial charge in [-0.1, -0.05) is 0 Å². The number of benzene rings is 1. The van der Waals surface area contributed by atoms with Crippen molar-refractivity contribution in [3.8, 4) is 11.5 Å². The summed E-state index contributed by atoms with van der Waals surface area (Å²) < 4.78 is 10.8. The van der Waals surface area contributed by atoms with Crippen LogP contribution in [-0.2, 0) is 0 Å². The Labute approximate surface area is 179 Å². The van der Waals surface area contributed by atoms with E-state index in [1.54, 1.807) is 14.2 Å². The molecule has 1 aromatic rings. The summed E-state index contributed by atoms with van der Waals surface area (Å²) >= 11 is 5.74. The van der Waals surface area contributed by atoms with Crippen LogP contribution in [0.2, 0.25) is 0 Å². The van der Waals surface area contributed by atoms with Gasteiger partial charge in [0, 0.05) is 37.8 Å². The first kappa shape index (κ1) is 19.4. The molecule has 0 amide bonds. The lowest BCUT2D eigenvalue weighted by atomic mass is 9.52. The molecular weight excluding hydrogens is 382 g/mol. The Morgan fingerprint density at radius 2 is 1.59 bits per heavy atom. The average molecular weight is 416 g/mol. The molecule has 6 heteroatoms. The van der Waals surface area contributed by atoms with Crippen molar-refractivity contribution in [2.45, 2.75) is 44.1 Å². The summed E-state index contributed by atoms with van der Waals surface area (Å²) in [6, 6.07) is 5.78. The summed E-state index contributed by atoms with van der Waals surface area (Å²) in [7, 11) is 3.34. The summed E-state index contributed by atoms with van der Waals surface area (Å²) in [6.45, 7) is 4.28. The molecule has 5 fully saturated rings. The molecule has 6 rings (SSSR count). The number of methoxy groups -OCH3 is 2. The molecule has 0 radical (unpaired) electrons. The smallest absolute Gasteiger partial charge is 0.173 e. The molecule has 29 heavy (non-hydrogen) atoms. The van der Waals surface area contributed by atoms with Crippen molar-refractivity contribution in [2.24, 2.45) is 17.8 Å². The van der Waals surface area contributed by atoms with Gasteiger partial charge in [0.15, 0.2) is 5.11 Å². The highest BCUT2D eigenvalue weighted by atomic mass is 32.1. The van der Waals surface area contributed by atoms with Gasteiger partial charge in [-0.3, -0.25) is 4.90 Å². The number of piperazine rings is 1. The van der Waals surface area contributed by atoms with Crippen molar-refractivity contribution in [2.75, 3.05) is 45.7 Å². The first-order chi connectivity index (χ1) is 14.1. The fraction of sp³-hybridized carbons (Fsp3) is 0.696. The van der Waals surface area contributed by atoms with E-state index in [2.05, 4.69) is 15.1 Å². The first-order valence-corrected chi connectivity index (χ1v) is 11.5. The van der Waals surface area contributed by atoms with E-state index in [-0.39, 0.29) is 0 Å². The van der Waals surface area contributed by atoms with E-state index < -0.39 is 0 Å². The number of thiocarbonyl (C=S) groups is 1. The Morgan fingerprint density at radius 3 is 2.14 bits per heavy atom. The van der Waals surface area contributed by atoms with Gasteiger partial charge in [-0.05, 0) is 80.6 Å². The van der Waals surface area contributed by atoms with Crippen molar-refractivity contribution in [1.29, 1.82) is 0 Å². The monoisotopic (exact) mass is 415 g/mol. The van der Waals surface area contributed by atoms with Crippen molar-refractivity contribution < 1.29 is 9.47 Å². The lowest BCUT2D eigenvalue weighted by Crippen LogP contribution is -2.64. The molecule has 0 atom stereocenters. The molecule has 1 aliphatic heterocycles. The number of anilines is 1. The molecule has 4 bridgehead atoms. The van der Waals surface area contributed by atoms with Gasteiger partial charge < -0.3 is 19.7 Å². The second-order valence-corrected chi connectivity index (χ2v) is 10.00. The topological polar surface area (TPSA) is 37.0 Å². The van der Waals surface area contributed by atoms with Gasteiger partial charge in [-0.15, -0.1) is 0 Å². The highest BCUT2D eigenvalue weighted by Gasteiger charge is 2.53. The molecule has 1 N–H and O–H groups in total. The summed E-state index contributed by atoms with van der Waals surface area (Å²) in [5.74, 6) is 4.54. The summed E-state index contributed by atoms with van der Waals surface area (Å²) in [6.07, 6.45) is 8.88. The van der Waals surface area contributed by atoms with Gasteiger partial charge in [-0.2, -0.15) is 0 Å². The third-order valence-electron chi connectivity index (χ3n) is 7.89. The van der Waals surface area contributed by atoms with E-state index in [1.165, 1.54) is 38.5 Å². The molecule has 1 heterocycles. The van der Waals surface area contributed by atoms with Gasteiger partial charge in [-0.25, -0.2) is 0 Å². The van der Waals surface area contributed by atoms with Crippen LogP contribution in [0.1, 0.15) is 38.5 Å². The summed E-state index contributed by atoms with van der Waals surface area (Å²) in [5, 5.41) is 4.18. The number of nitrogens with zero attached hydrogens (tertiary/aromatic N) is 2. The molecule has 1 saturated heterocycles. The number of nitrogens with one attached hydrogen (secondary N) is 1. The molecule has 0 aromatic heterocycles. The van der Waals surface area contributed by atoms with E-state index in [0.29, 0.717) is 5.54 Å². The van der Waals surface area contributed by atoms with Crippen molar-refractivity contribution in [3.05, 3.63) is 18.2 Å². The van der Waals surface area contributed by atoms with Crippen molar-refractivity contribution >= 4 is 23.0 Å². The van der Waals surface area contributed by atoms with E-state index in [1.807, 2.05) is 18.2 Å². The zero-order valence-corrected chi connectivity index (χ0v) is 18.5. The van der Waals surface area contributed by atoms with Crippen LogP contribution in [0, 0.1) is 17.8 Å². The van der Waals surface area contributed by atoms with Gasteiger partial charge in [0.2, 0.25) is 0 Å². The average Bonchev–Trinajstić information content (AvgIpc) is 2.73. The second-order valence-electron chi connectivity index (χ2n) is 9.61. The number of ether oxygens (including phenoxy) is 2. The largest absolute Gasteiger partial charge is 0.497 e. The maximum absolute atomic E-state index is 5.74. The second kappa shape index (κ2) is 7.62. The number of hydrogen-bond acceptors (Lipinski definition) is 4. The molecule has 4 aliphatic carbocycles. The van der Waals surface area contributed by atoms with Crippen LogP contribution >= 0.6 is 12.2 Å². The lowest BCUT2D eigenvalue weighted by Gasteiger charge is -2.61. The fourth-order valence-electron chi connectivity index (χ4n) is 6.93. The zero-order chi connectivity index (χ0) is 20.0. The fourth-order valence-corrected chi connectivity index (χ4v) is 7.22. The molecule has 5 nitrogen and oxygen atoms in total. The van der Waals surface area contributed by atoms with Crippen LogP contribution in [-0.4, -0.2) is 60.8 Å². The predicted octanol–water partition coefficient (Wildman–Crippen LogP) is 3.99. The molecule has 158 valence electrons. The van der Waals surface area contributed by atoms with Gasteiger partial charge in [0.05, 0.1) is 19.9 Å². The van der Waals surface area contributed by atoms with E-state index in [9.17, 15) is 0 Å². The molecule has 5 aliphatic rings. The number of hydrogen-bond donors (Lipinski definition) is 1. The summed E-state index contributed by atoms with van der Waals surface area (Å²) in [5.41, 5.74) is 1.40. The minimum Gasteiger partial charge on any atom is -0.497 e. The van der Waals surface area contributed by atoms with Gasteiger partial charge in [0.1, 0.15) is 11.5 Å². The minimum atomic E-state index is 0.509. The van der Waals surface area contributed by atoms with E-state index in [4.69, 9.17) is 21.7 Å². The third-order valence-corrected chi connectivity index (χ3v) is 8.25. The van der Waals surface area contributed by atoms with Gasteiger partial charge in [0.25, 0.3) is 0 Å². The number of rotatable bonds is 4. The van der Waals surface area contributed by atoms with Crippen LogP contribution < -0.4 is 14.8 Å². The van der Waals surface area contributed by atoms with Crippen LogP contribution in [0.4, 0.5) is 5.69 Å². The highest BCUT2D eigenvalue weighted by Crippen LogP contribution is 2.57. The Balaban J connectivity index is 1.21. The minimum absolute atomic E-state index is 0.509. The maximum Gasteiger partial charge on any atom is 0.173 e. The first-order valence-electron chi connectivity index (χ1n) is 11.1. The van der Waals surface area contributed by atoms with Crippen LogP contribution in [0.3, 0.4) is 0 Å². The van der Waals surface area contributed by atoms with Crippen LogP contribution in [0.5, 0.6) is 11.5 Å². The van der Waals surface area contributed by atoms with Crippen LogP contribution in [0.15, 0.2) is 18.2 Å². The van der Waals surface area contributed by atoms with Crippen LogP contribution in [0.25, 0.3) is 0 Å². The normalized spacial score (nSPS) is 33.6. The molecule has 4 saturated carbocycles. The Bertz CT molecular complexity index is 740. The van der Waals surface area contributed by atoms with Crippen molar-refractivity contribution in [1.82, 2.24) is 9.80 Å². The lowest BCUT2D eigenvalue weighted by molar-refractivity contribution is -0.0970. The molecule has 1 aromatic carbocycles. The maximum atomic E-state index is 5.74. The highest BCUT2D eigenvalue weighted by molar-refractivity contribution is 7.80. The Morgan fingerprint density at radius 1 is 0.966 bits per heavy atom. The van der Waals surface area contributed by atoms with E-state index >= 15 is 0 Å². The van der Waals surface area contributed by atoms with Gasteiger partial charge >= 0.3 is 0 Å². The summed E-state index contributed by atoms with van der Waals surface area (Å²) in [4.78, 5) is 5.15. The predicted molar refractivity (Wildman–Crippen MR) is 120 cm³/mol. The standard InChI is InChI=1S/C23H33N3O2S/c1-27-19-3-4-20(21(12-19)28-2)24-22(29)25-5-7-26(8-6-25)23-13-16-9-17(14-23)11-18(10-16)15-23/h3-4,12,16-18H,5-11,13-15H2,1-2H3,(H,24,29). The third kappa shape index (κ3) is 3.59. The zero-order valence-electron chi connectivity index (χ0n) is 17.7. The Hall–Kier alpha value is -1.53. The quantitative estimate of drug-likeness (QED) is 0.750. The van der Waals surface area contributed by atoms with E-state index in [0.717, 1.165) is 66.2 Å². The van der Waals surface area contributed by atoms with Crippen molar-refractivity contribution in [3.63, 3.8) is 0 Å².